The molecule has 1 aromatic carbocycles. The summed E-state index contributed by atoms with van der Waals surface area (Å²) in [4.78, 5) is 34.6. The van der Waals surface area contributed by atoms with Crippen molar-refractivity contribution in [3.8, 4) is 5.69 Å². The molecule has 0 aliphatic rings. The molecule has 1 heterocycles. The maximum absolute atomic E-state index is 14.3. The van der Waals surface area contributed by atoms with E-state index in [-0.39, 0.29) is 10.6 Å². The predicted octanol–water partition coefficient (Wildman–Crippen LogP) is 2.69. The molecule has 7 nitrogen and oxygen atoms in total. The molecule has 0 spiro atoms. The van der Waals surface area contributed by atoms with Crippen molar-refractivity contribution in [3.05, 3.63) is 64.9 Å². The second-order valence-electron chi connectivity index (χ2n) is 4.68. The van der Waals surface area contributed by atoms with Crippen molar-refractivity contribution >= 4 is 17.3 Å². The van der Waals surface area contributed by atoms with E-state index in [9.17, 15) is 41.7 Å². The molecule has 134 valence electrons. The predicted molar refractivity (Wildman–Crippen MR) is 74.0 cm³/mol. The molecular weight excluding hydrogens is 381 g/mol. The molecule has 0 bridgehead atoms. The van der Waals surface area contributed by atoms with Gasteiger partial charge < -0.3 is 4.98 Å². The lowest BCUT2D eigenvalue weighted by molar-refractivity contribution is -0.387. The Hall–Kier alpha value is -2.76. The molecule has 1 aromatic heterocycles. The highest BCUT2D eigenvalue weighted by atomic mass is 35.5. The topological polar surface area (TPSA) is 98.0 Å². The minimum absolute atomic E-state index is 0.261. The van der Waals surface area contributed by atoms with Gasteiger partial charge in [0, 0.05) is 11.6 Å². The Morgan fingerprint density at radius 1 is 1.28 bits per heavy atom. The van der Waals surface area contributed by atoms with E-state index in [1.807, 2.05) is 0 Å². The lowest BCUT2D eigenvalue weighted by atomic mass is 10.2. The van der Waals surface area contributed by atoms with Crippen LogP contribution >= 0.6 is 11.6 Å². The van der Waals surface area contributed by atoms with Crippen LogP contribution in [0.15, 0.2) is 15.7 Å². The zero-order valence-corrected chi connectivity index (χ0v) is 12.6. The Balaban J connectivity index is 2.98. The summed E-state index contributed by atoms with van der Waals surface area (Å²) in [5.41, 5.74) is -9.27. The van der Waals surface area contributed by atoms with Gasteiger partial charge in [0.2, 0.25) is 5.82 Å². The van der Waals surface area contributed by atoms with E-state index in [1.165, 1.54) is 4.98 Å². The van der Waals surface area contributed by atoms with Gasteiger partial charge in [0.05, 0.1) is 4.92 Å². The van der Waals surface area contributed by atoms with Crippen molar-refractivity contribution in [2.24, 2.45) is 0 Å². The van der Waals surface area contributed by atoms with Crippen LogP contribution in [-0.4, -0.2) is 14.5 Å². The number of halogens is 6. The van der Waals surface area contributed by atoms with E-state index in [0.717, 1.165) is 0 Å². The first-order valence-corrected chi connectivity index (χ1v) is 6.51. The Morgan fingerprint density at radius 2 is 1.84 bits per heavy atom. The van der Waals surface area contributed by atoms with E-state index in [4.69, 9.17) is 11.6 Å². The molecule has 2 aromatic rings. The van der Waals surface area contributed by atoms with Crippen LogP contribution in [0.2, 0.25) is 5.02 Å². The highest BCUT2D eigenvalue weighted by molar-refractivity contribution is 6.32. The van der Waals surface area contributed by atoms with Gasteiger partial charge in [-0.3, -0.25) is 14.9 Å². The zero-order valence-electron chi connectivity index (χ0n) is 11.9. The fourth-order valence-electron chi connectivity index (χ4n) is 2.05. The number of hydrogen-bond donors (Lipinski definition) is 1. The van der Waals surface area contributed by atoms with Gasteiger partial charge in [-0.2, -0.15) is 17.6 Å². The quantitative estimate of drug-likeness (QED) is 0.488. The van der Waals surface area contributed by atoms with E-state index >= 15 is 0 Å². The van der Waals surface area contributed by atoms with Gasteiger partial charge in [-0.15, -0.1) is 0 Å². The lowest BCUT2D eigenvalue weighted by Crippen LogP contribution is -2.39. The van der Waals surface area contributed by atoms with Gasteiger partial charge in [-0.1, -0.05) is 11.6 Å². The maximum atomic E-state index is 14.3. The SMILES string of the molecule is Cc1c(C(F)(F)F)[nH]c(=O)n(-c2c(F)cc(Cl)c([N+](=O)[O-])c2F)c1=O. The Bertz CT molecular complexity index is 1010. The van der Waals surface area contributed by atoms with Crippen molar-refractivity contribution in [1.82, 2.24) is 9.55 Å². The molecule has 0 aliphatic carbocycles. The number of H-pyrrole nitrogens is 1. The molecule has 2 rings (SSSR count). The van der Waals surface area contributed by atoms with Gasteiger partial charge >= 0.3 is 17.6 Å². The monoisotopic (exact) mass is 385 g/mol. The average Bonchev–Trinajstić information content (AvgIpc) is 2.44. The molecule has 1 N–H and O–H groups in total. The van der Waals surface area contributed by atoms with Crippen LogP contribution < -0.4 is 11.2 Å². The van der Waals surface area contributed by atoms with Gasteiger partial charge in [0.15, 0.2) is 5.82 Å². The number of aromatic amines is 1. The number of aromatic nitrogens is 2. The van der Waals surface area contributed by atoms with Crippen molar-refractivity contribution < 1.29 is 26.9 Å². The van der Waals surface area contributed by atoms with E-state index in [0.29, 0.717) is 6.92 Å². The smallest absolute Gasteiger partial charge is 0.302 e. The highest BCUT2D eigenvalue weighted by Crippen LogP contribution is 2.33. The molecule has 0 aliphatic heterocycles. The highest BCUT2D eigenvalue weighted by Gasteiger charge is 2.37. The molecule has 0 unspecified atom stereocenters. The fourth-order valence-corrected chi connectivity index (χ4v) is 2.30. The van der Waals surface area contributed by atoms with Gasteiger partial charge in [-0.05, 0) is 6.92 Å². The van der Waals surface area contributed by atoms with Gasteiger partial charge in [0.1, 0.15) is 16.4 Å². The van der Waals surface area contributed by atoms with Crippen molar-refractivity contribution in [1.29, 1.82) is 0 Å². The van der Waals surface area contributed by atoms with Crippen LogP contribution in [0.1, 0.15) is 11.3 Å². The Labute approximate surface area is 138 Å². The third-order valence-electron chi connectivity index (χ3n) is 3.15. The molecule has 13 heteroatoms. The summed E-state index contributed by atoms with van der Waals surface area (Å²) in [6.45, 7) is 0.664. The minimum atomic E-state index is -5.11. The average molecular weight is 386 g/mol. The first-order chi connectivity index (χ1) is 11.4. The number of nitro groups is 1. The number of alkyl halides is 3. The molecule has 25 heavy (non-hydrogen) atoms. The minimum Gasteiger partial charge on any atom is -0.302 e. The number of nitrogens with zero attached hydrogens (tertiary/aromatic N) is 2. The molecule has 0 saturated heterocycles. The number of hydrogen-bond acceptors (Lipinski definition) is 4. The van der Waals surface area contributed by atoms with Crippen LogP contribution in [0.4, 0.5) is 27.6 Å². The first-order valence-electron chi connectivity index (χ1n) is 6.13. The van der Waals surface area contributed by atoms with Crippen molar-refractivity contribution in [3.63, 3.8) is 0 Å². The lowest BCUT2D eigenvalue weighted by Gasteiger charge is -2.13. The summed E-state index contributed by atoms with van der Waals surface area (Å²) in [5, 5.41) is 9.84. The molecule has 0 atom stereocenters. The summed E-state index contributed by atoms with van der Waals surface area (Å²) in [5.74, 6) is -3.64. The summed E-state index contributed by atoms with van der Waals surface area (Å²) in [6.07, 6.45) is -5.11. The molecule has 0 radical (unpaired) electrons. The summed E-state index contributed by atoms with van der Waals surface area (Å²) >= 11 is 5.34. The molecule has 0 amide bonds. The largest absolute Gasteiger partial charge is 0.431 e. The third kappa shape index (κ3) is 2.99. The van der Waals surface area contributed by atoms with Gasteiger partial charge in [-0.25, -0.2) is 13.8 Å². The number of benzene rings is 1. The van der Waals surface area contributed by atoms with Crippen LogP contribution in [-0.2, 0) is 6.18 Å². The standard InChI is InChI=1S/C12H5ClF5N3O4/c1-3-9(12(16,17)18)19-11(23)20(10(3)22)8-5(14)2-4(13)7(6(8)15)21(24)25/h2H,1H3,(H,19,23). The van der Waals surface area contributed by atoms with E-state index in [1.54, 1.807) is 0 Å². The summed E-state index contributed by atoms with van der Waals surface area (Å²) < 4.78 is 66.2. The van der Waals surface area contributed by atoms with E-state index in [2.05, 4.69) is 0 Å². The third-order valence-corrected chi connectivity index (χ3v) is 3.43. The number of rotatable bonds is 2. The molecular formula is C12H5ClF5N3O4. The van der Waals surface area contributed by atoms with Crippen molar-refractivity contribution in [2.45, 2.75) is 13.1 Å². The van der Waals surface area contributed by atoms with Crippen LogP contribution in [0.5, 0.6) is 0 Å². The Kier molecular flexibility index (Phi) is 4.42. The maximum Gasteiger partial charge on any atom is 0.431 e. The summed E-state index contributed by atoms with van der Waals surface area (Å²) in [7, 11) is 0. The molecule has 0 fully saturated rings. The van der Waals surface area contributed by atoms with Gasteiger partial charge in [0.25, 0.3) is 5.56 Å². The second-order valence-corrected chi connectivity index (χ2v) is 5.08. The zero-order chi connectivity index (χ0) is 19.3. The summed E-state index contributed by atoms with van der Waals surface area (Å²) in [6, 6.07) is 0.261. The van der Waals surface area contributed by atoms with Crippen molar-refractivity contribution in [2.75, 3.05) is 0 Å². The van der Waals surface area contributed by atoms with E-state index < -0.39 is 61.6 Å². The second kappa shape index (κ2) is 5.95. The van der Waals surface area contributed by atoms with Crippen LogP contribution in [0.3, 0.4) is 0 Å². The number of nitro benzene ring substituents is 1. The fraction of sp³-hybridized carbons (Fsp3) is 0.167. The Morgan fingerprint density at radius 3 is 2.32 bits per heavy atom. The molecule has 0 saturated carbocycles. The normalized spacial score (nSPS) is 11.6. The van der Waals surface area contributed by atoms with Crippen LogP contribution in [0.25, 0.3) is 5.69 Å². The number of nitrogens with one attached hydrogen (secondary N) is 1. The first kappa shape index (κ1) is 18.6. The van der Waals surface area contributed by atoms with Crippen LogP contribution in [0, 0.1) is 28.7 Å².